The number of imide groups is 1. The van der Waals surface area contributed by atoms with E-state index in [1.165, 1.54) is 12.3 Å². The molecule has 170 valence electrons. The highest BCUT2D eigenvalue weighted by Crippen LogP contribution is 2.40. The molecule has 1 aromatic heterocycles. The van der Waals surface area contributed by atoms with Crippen molar-refractivity contribution in [3.05, 3.63) is 93.7 Å². The Kier molecular flexibility index (Phi) is 6.18. The van der Waals surface area contributed by atoms with Gasteiger partial charge in [-0.05, 0) is 53.6 Å². The van der Waals surface area contributed by atoms with E-state index in [4.69, 9.17) is 23.2 Å². The fraction of sp³-hybridized carbons (Fsp3) is 0.136. The summed E-state index contributed by atoms with van der Waals surface area (Å²) in [4.78, 5) is 30.9. The van der Waals surface area contributed by atoms with E-state index in [0.29, 0.717) is 16.1 Å². The molecule has 1 aliphatic rings. The van der Waals surface area contributed by atoms with Gasteiger partial charge in [-0.2, -0.15) is 13.2 Å². The molecule has 1 fully saturated rings. The molecule has 3 aromatic rings. The van der Waals surface area contributed by atoms with Crippen molar-refractivity contribution in [3.8, 4) is 0 Å². The summed E-state index contributed by atoms with van der Waals surface area (Å²) >= 11 is 11.9. The Labute approximate surface area is 196 Å². The van der Waals surface area contributed by atoms with E-state index in [1.54, 1.807) is 30.3 Å². The van der Waals surface area contributed by atoms with Gasteiger partial charge in [-0.25, -0.2) is 19.5 Å². The van der Waals surface area contributed by atoms with Gasteiger partial charge in [0, 0.05) is 16.9 Å². The van der Waals surface area contributed by atoms with Gasteiger partial charge in [-0.1, -0.05) is 41.4 Å². The van der Waals surface area contributed by atoms with Gasteiger partial charge in [0.2, 0.25) is 0 Å². The largest absolute Gasteiger partial charge is 0.416 e. The Hall–Kier alpha value is -3.30. The second kappa shape index (κ2) is 8.92. The summed E-state index contributed by atoms with van der Waals surface area (Å²) in [5.74, 6) is 0. The quantitative estimate of drug-likeness (QED) is 0.411. The Balaban J connectivity index is 1.65. The number of carbonyl (C=O) groups excluding carboxylic acids is 2. The number of alkyl halides is 3. The molecule has 0 aliphatic carbocycles. The molecule has 0 bridgehead atoms. The average molecular weight is 495 g/mol. The first-order valence-electron chi connectivity index (χ1n) is 9.58. The summed E-state index contributed by atoms with van der Waals surface area (Å²) in [5, 5.41) is 5.99. The average Bonchev–Trinajstić information content (AvgIpc) is 3.11. The fourth-order valence-corrected chi connectivity index (χ4v) is 3.78. The molecular weight excluding hydrogens is 480 g/mol. The summed E-state index contributed by atoms with van der Waals surface area (Å²) in [6, 6.07) is 10.9. The number of rotatable bonds is 3. The first-order chi connectivity index (χ1) is 15.6. The number of pyridine rings is 1. The molecule has 0 spiro atoms. The number of carbonyl (C=O) groups is 2. The van der Waals surface area contributed by atoms with E-state index < -0.39 is 35.9 Å². The molecule has 0 saturated carbocycles. The Morgan fingerprint density at radius 3 is 2.18 bits per heavy atom. The maximum Gasteiger partial charge on any atom is 0.416 e. The number of nitrogens with zero attached hydrogens (tertiary/aromatic N) is 2. The lowest BCUT2D eigenvalue weighted by atomic mass is 9.95. The molecule has 11 heteroatoms. The van der Waals surface area contributed by atoms with Crippen LogP contribution in [0.25, 0.3) is 0 Å². The standard InChI is InChI=1S/C22H15Cl2F3N4O2/c23-15-6-1-12(2-7-15)18-19(13-3-10-17(24)28-11-13)31(21(33)30-18)20(32)29-16-8-4-14(5-9-16)22(25,26)27/h1-11,18-19H,(H,29,32)(H,30,33). The predicted molar refractivity (Wildman–Crippen MR) is 117 cm³/mol. The molecule has 2 atom stereocenters. The van der Waals surface area contributed by atoms with E-state index >= 15 is 0 Å². The van der Waals surface area contributed by atoms with Gasteiger partial charge in [0.1, 0.15) is 5.15 Å². The van der Waals surface area contributed by atoms with E-state index in [9.17, 15) is 22.8 Å². The van der Waals surface area contributed by atoms with Gasteiger partial charge in [-0.3, -0.25) is 0 Å². The molecule has 2 unspecified atom stereocenters. The van der Waals surface area contributed by atoms with Crippen molar-refractivity contribution in [1.82, 2.24) is 15.2 Å². The lowest BCUT2D eigenvalue weighted by molar-refractivity contribution is -0.137. The van der Waals surface area contributed by atoms with E-state index in [0.717, 1.165) is 29.2 Å². The van der Waals surface area contributed by atoms with Crippen LogP contribution in [0.4, 0.5) is 28.4 Å². The number of nitrogens with one attached hydrogen (secondary N) is 2. The lowest BCUT2D eigenvalue weighted by Crippen LogP contribution is -2.39. The summed E-state index contributed by atoms with van der Waals surface area (Å²) in [6.45, 7) is 0. The Morgan fingerprint density at radius 1 is 0.970 bits per heavy atom. The third-order valence-corrected chi connectivity index (χ3v) is 5.57. The van der Waals surface area contributed by atoms with E-state index in [2.05, 4.69) is 15.6 Å². The van der Waals surface area contributed by atoms with Gasteiger partial charge < -0.3 is 10.6 Å². The SMILES string of the molecule is O=C(Nc1ccc(C(F)(F)F)cc1)N1C(=O)NC(c2ccc(Cl)cc2)C1c1ccc(Cl)nc1. The number of amides is 4. The van der Waals surface area contributed by atoms with Crippen molar-refractivity contribution in [2.45, 2.75) is 18.3 Å². The molecule has 1 aliphatic heterocycles. The van der Waals surface area contributed by atoms with Crippen LogP contribution < -0.4 is 10.6 Å². The van der Waals surface area contributed by atoms with Gasteiger partial charge >= 0.3 is 18.2 Å². The van der Waals surface area contributed by atoms with Gasteiger partial charge in [0.05, 0.1) is 17.6 Å². The van der Waals surface area contributed by atoms with Gasteiger partial charge in [0.25, 0.3) is 0 Å². The summed E-state index contributed by atoms with van der Waals surface area (Å²) in [7, 11) is 0. The van der Waals surface area contributed by atoms with Crippen molar-refractivity contribution in [3.63, 3.8) is 0 Å². The predicted octanol–water partition coefficient (Wildman–Crippen LogP) is 6.45. The van der Waals surface area contributed by atoms with Crippen LogP contribution in [0.1, 0.15) is 28.8 Å². The van der Waals surface area contributed by atoms with Crippen molar-refractivity contribution >= 4 is 41.0 Å². The highest BCUT2D eigenvalue weighted by atomic mass is 35.5. The minimum absolute atomic E-state index is 0.101. The second-order valence-corrected chi connectivity index (χ2v) is 8.04. The Morgan fingerprint density at radius 2 is 1.61 bits per heavy atom. The van der Waals surface area contributed by atoms with Crippen LogP contribution >= 0.6 is 23.2 Å². The lowest BCUT2D eigenvalue weighted by Gasteiger charge is -2.26. The smallest absolute Gasteiger partial charge is 0.328 e. The molecule has 0 radical (unpaired) electrons. The molecular formula is C22H15Cl2F3N4O2. The molecule has 6 nitrogen and oxygen atoms in total. The van der Waals surface area contributed by atoms with Gasteiger partial charge in [0.15, 0.2) is 0 Å². The molecule has 1 saturated heterocycles. The third-order valence-electron chi connectivity index (χ3n) is 5.09. The van der Waals surface area contributed by atoms with Gasteiger partial charge in [-0.15, -0.1) is 0 Å². The zero-order valence-electron chi connectivity index (χ0n) is 16.6. The van der Waals surface area contributed by atoms with E-state index in [-0.39, 0.29) is 10.8 Å². The molecule has 2 aromatic carbocycles. The fourth-order valence-electron chi connectivity index (χ4n) is 3.54. The van der Waals surface area contributed by atoms with Crippen molar-refractivity contribution in [2.75, 3.05) is 5.32 Å². The third kappa shape index (κ3) is 4.89. The summed E-state index contributed by atoms with van der Waals surface area (Å²) in [6.07, 6.45) is -3.05. The molecule has 2 N–H and O–H groups in total. The first-order valence-corrected chi connectivity index (χ1v) is 10.3. The molecule has 2 heterocycles. The van der Waals surface area contributed by atoms with Crippen molar-refractivity contribution in [2.24, 2.45) is 0 Å². The van der Waals surface area contributed by atoms with Crippen LogP contribution in [0.15, 0.2) is 66.9 Å². The molecule has 4 amide bonds. The molecule has 4 rings (SSSR count). The number of halogens is 5. The zero-order chi connectivity index (χ0) is 23.8. The maximum absolute atomic E-state index is 13.1. The van der Waals surface area contributed by atoms with Crippen LogP contribution in [0.5, 0.6) is 0 Å². The summed E-state index contributed by atoms with van der Waals surface area (Å²) in [5.41, 5.74) is 0.467. The first kappa shape index (κ1) is 22.9. The Bertz CT molecular complexity index is 1170. The van der Waals surface area contributed by atoms with Crippen LogP contribution in [0, 0.1) is 0 Å². The molecule has 33 heavy (non-hydrogen) atoms. The number of hydrogen-bond acceptors (Lipinski definition) is 3. The number of urea groups is 2. The minimum atomic E-state index is -4.50. The van der Waals surface area contributed by atoms with Crippen molar-refractivity contribution < 1.29 is 22.8 Å². The van der Waals surface area contributed by atoms with Crippen LogP contribution in [0.2, 0.25) is 10.2 Å². The topological polar surface area (TPSA) is 74.3 Å². The van der Waals surface area contributed by atoms with E-state index in [1.807, 2.05) is 0 Å². The number of benzene rings is 2. The normalized spacial score (nSPS) is 18.2. The summed E-state index contributed by atoms with van der Waals surface area (Å²) < 4.78 is 38.4. The van der Waals surface area contributed by atoms with Crippen molar-refractivity contribution in [1.29, 1.82) is 0 Å². The minimum Gasteiger partial charge on any atom is -0.328 e. The van der Waals surface area contributed by atoms with Crippen LogP contribution in [-0.2, 0) is 6.18 Å². The maximum atomic E-state index is 13.1. The highest BCUT2D eigenvalue weighted by molar-refractivity contribution is 6.30. The highest BCUT2D eigenvalue weighted by Gasteiger charge is 2.45. The number of aromatic nitrogens is 1. The second-order valence-electron chi connectivity index (χ2n) is 7.21. The van der Waals surface area contributed by atoms with Crippen LogP contribution in [-0.4, -0.2) is 21.9 Å². The monoisotopic (exact) mass is 494 g/mol. The number of anilines is 1. The number of hydrogen-bond donors (Lipinski definition) is 2. The zero-order valence-corrected chi connectivity index (χ0v) is 18.1. The van der Waals surface area contributed by atoms with Crippen LogP contribution in [0.3, 0.4) is 0 Å².